The second-order valence-corrected chi connectivity index (χ2v) is 9.12. The first kappa shape index (κ1) is 25.3. The van der Waals surface area contributed by atoms with Crippen molar-refractivity contribution >= 4 is 22.5 Å². The van der Waals surface area contributed by atoms with Crippen molar-refractivity contribution in [2.24, 2.45) is 5.92 Å². The molecule has 0 aliphatic rings. The van der Waals surface area contributed by atoms with Gasteiger partial charge < -0.3 is 20.5 Å². The van der Waals surface area contributed by atoms with E-state index in [1.165, 1.54) is 12.8 Å². The predicted octanol–water partition coefficient (Wildman–Crippen LogP) is 5.70. The third-order valence-electron chi connectivity index (χ3n) is 6.09. The molecule has 1 aromatic heterocycles. The number of anilines is 1. The van der Waals surface area contributed by atoms with Gasteiger partial charge in [0.1, 0.15) is 18.1 Å². The normalized spacial score (nSPS) is 12.1. The molecule has 3 aromatic rings. The third kappa shape index (κ3) is 6.19. The van der Waals surface area contributed by atoms with Crippen LogP contribution in [0.2, 0.25) is 0 Å². The van der Waals surface area contributed by atoms with Gasteiger partial charge in [0.25, 0.3) is 5.91 Å². The first-order valence-corrected chi connectivity index (χ1v) is 12.1. The SMILES string of the molecule is CCCCCc1ccc(C(=O)NC(COc2cccc3nc(C)cc(N)c23)C(C)C)cc1OC. The van der Waals surface area contributed by atoms with Crippen LogP contribution in [0.4, 0.5) is 5.69 Å². The molecule has 6 nitrogen and oxygen atoms in total. The Kier molecular flexibility index (Phi) is 8.74. The number of carbonyl (C=O) groups excluding carboxylic acids is 1. The van der Waals surface area contributed by atoms with E-state index < -0.39 is 0 Å². The number of rotatable bonds is 11. The number of nitrogens with one attached hydrogen (secondary N) is 1. The molecule has 1 atom stereocenters. The quantitative estimate of drug-likeness (QED) is 0.356. The Morgan fingerprint density at radius 3 is 2.62 bits per heavy atom. The van der Waals surface area contributed by atoms with Crippen molar-refractivity contribution in [3.05, 3.63) is 59.3 Å². The molecule has 2 aromatic carbocycles. The Morgan fingerprint density at radius 2 is 1.91 bits per heavy atom. The van der Waals surface area contributed by atoms with Crippen LogP contribution in [0.25, 0.3) is 10.9 Å². The molecule has 0 fully saturated rings. The number of nitrogens with zero attached hydrogens (tertiary/aromatic N) is 1. The lowest BCUT2D eigenvalue weighted by atomic mass is 10.0. The summed E-state index contributed by atoms with van der Waals surface area (Å²) < 4.78 is 11.7. The fourth-order valence-electron chi connectivity index (χ4n) is 4.03. The summed E-state index contributed by atoms with van der Waals surface area (Å²) in [5.41, 5.74) is 10.3. The first-order valence-electron chi connectivity index (χ1n) is 12.1. The smallest absolute Gasteiger partial charge is 0.251 e. The fourth-order valence-corrected chi connectivity index (χ4v) is 4.03. The van der Waals surface area contributed by atoms with Crippen LogP contribution in [0.5, 0.6) is 11.5 Å². The van der Waals surface area contributed by atoms with Gasteiger partial charge in [0.2, 0.25) is 0 Å². The number of methoxy groups -OCH3 is 1. The number of aromatic nitrogens is 1. The van der Waals surface area contributed by atoms with E-state index >= 15 is 0 Å². The van der Waals surface area contributed by atoms with E-state index in [0.717, 1.165) is 40.8 Å². The lowest BCUT2D eigenvalue weighted by molar-refractivity contribution is 0.0904. The van der Waals surface area contributed by atoms with E-state index in [1.54, 1.807) is 7.11 Å². The van der Waals surface area contributed by atoms with Crippen LogP contribution in [-0.2, 0) is 6.42 Å². The maximum Gasteiger partial charge on any atom is 0.251 e. The molecule has 1 unspecified atom stereocenters. The minimum Gasteiger partial charge on any atom is -0.496 e. The molecule has 1 heterocycles. The lowest BCUT2D eigenvalue weighted by Gasteiger charge is -2.23. The second-order valence-electron chi connectivity index (χ2n) is 9.12. The molecule has 0 aliphatic carbocycles. The van der Waals surface area contributed by atoms with Crippen molar-refractivity contribution < 1.29 is 14.3 Å². The largest absolute Gasteiger partial charge is 0.496 e. The zero-order valence-electron chi connectivity index (χ0n) is 21.0. The average molecular weight is 464 g/mol. The number of nitrogens with two attached hydrogens (primary N) is 1. The molecule has 3 N–H and O–H groups in total. The highest BCUT2D eigenvalue weighted by molar-refractivity contribution is 5.96. The summed E-state index contributed by atoms with van der Waals surface area (Å²) in [5.74, 6) is 1.46. The van der Waals surface area contributed by atoms with Crippen LogP contribution < -0.4 is 20.5 Å². The summed E-state index contributed by atoms with van der Waals surface area (Å²) >= 11 is 0. The summed E-state index contributed by atoms with van der Waals surface area (Å²) in [6.07, 6.45) is 4.41. The van der Waals surface area contributed by atoms with Crippen LogP contribution >= 0.6 is 0 Å². The van der Waals surface area contributed by atoms with Crippen LogP contribution in [0.15, 0.2) is 42.5 Å². The van der Waals surface area contributed by atoms with Crippen LogP contribution in [0.1, 0.15) is 61.6 Å². The van der Waals surface area contributed by atoms with E-state index in [-0.39, 0.29) is 17.9 Å². The van der Waals surface area contributed by atoms with Crippen molar-refractivity contribution in [1.82, 2.24) is 10.3 Å². The van der Waals surface area contributed by atoms with Gasteiger partial charge in [-0.15, -0.1) is 0 Å². The van der Waals surface area contributed by atoms with Gasteiger partial charge in [0.05, 0.1) is 24.1 Å². The third-order valence-corrected chi connectivity index (χ3v) is 6.09. The maximum absolute atomic E-state index is 13.1. The van der Waals surface area contributed by atoms with Crippen molar-refractivity contribution in [3.8, 4) is 11.5 Å². The van der Waals surface area contributed by atoms with Crippen molar-refractivity contribution in [2.45, 2.75) is 59.4 Å². The summed E-state index contributed by atoms with van der Waals surface area (Å²) in [6.45, 7) is 8.55. The molecular formula is C28H37N3O3. The number of hydrogen-bond acceptors (Lipinski definition) is 5. The number of benzene rings is 2. The standard InChI is InChI=1S/C28H37N3O3/c1-6-7-8-10-20-13-14-21(16-26(20)33-5)28(32)31-24(18(2)3)17-34-25-12-9-11-23-27(25)22(29)15-19(4)30-23/h9,11-16,18,24H,6-8,10,17H2,1-5H3,(H2,29,30)(H,31,32). The number of amides is 1. The highest BCUT2D eigenvalue weighted by Crippen LogP contribution is 2.30. The van der Waals surface area contributed by atoms with E-state index in [9.17, 15) is 4.79 Å². The van der Waals surface area contributed by atoms with Gasteiger partial charge in [-0.2, -0.15) is 0 Å². The number of pyridine rings is 1. The van der Waals surface area contributed by atoms with Crippen molar-refractivity contribution in [3.63, 3.8) is 0 Å². The molecule has 6 heteroatoms. The molecule has 182 valence electrons. The van der Waals surface area contributed by atoms with E-state index in [2.05, 4.69) is 31.1 Å². The van der Waals surface area contributed by atoms with Gasteiger partial charge in [0, 0.05) is 16.9 Å². The van der Waals surface area contributed by atoms with Gasteiger partial charge in [-0.1, -0.05) is 45.7 Å². The number of aryl methyl sites for hydroxylation is 2. The first-order chi connectivity index (χ1) is 16.3. The van der Waals surface area contributed by atoms with Gasteiger partial charge in [-0.05, 0) is 61.6 Å². The Morgan fingerprint density at radius 1 is 1.12 bits per heavy atom. The van der Waals surface area contributed by atoms with Gasteiger partial charge in [-0.3, -0.25) is 9.78 Å². The number of carbonyl (C=O) groups is 1. The molecule has 0 bridgehead atoms. The van der Waals surface area contributed by atoms with E-state index in [4.69, 9.17) is 15.2 Å². The Bertz CT molecular complexity index is 1130. The molecule has 1 amide bonds. The Balaban J connectivity index is 1.72. The summed E-state index contributed by atoms with van der Waals surface area (Å²) in [5, 5.41) is 3.93. The van der Waals surface area contributed by atoms with Crippen LogP contribution in [0, 0.1) is 12.8 Å². The summed E-state index contributed by atoms with van der Waals surface area (Å²) in [4.78, 5) is 17.6. The molecule has 0 saturated carbocycles. The lowest BCUT2D eigenvalue weighted by Crippen LogP contribution is -2.42. The van der Waals surface area contributed by atoms with Gasteiger partial charge in [-0.25, -0.2) is 0 Å². The number of nitrogen functional groups attached to an aromatic ring is 1. The number of ether oxygens (including phenoxy) is 2. The summed E-state index contributed by atoms with van der Waals surface area (Å²) in [6, 6.07) is 13.1. The second kappa shape index (κ2) is 11.7. The molecule has 0 aliphatic heterocycles. The van der Waals surface area contributed by atoms with Gasteiger partial charge in [0.15, 0.2) is 0 Å². The maximum atomic E-state index is 13.1. The number of fused-ring (bicyclic) bond motifs is 1. The molecule has 3 rings (SSSR count). The molecular weight excluding hydrogens is 426 g/mol. The Labute approximate surface area is 202 Å². The van der Waals surface area contributed by atoms with Crippen molar-refractivity contribution in [1.29, 1.82) is 0 Å². The van der Waals surface area contributed by atoms with Crippen LogP contribution in [-0.4, -0.2) is 30.6 Å². The zero-order valence-corrected chi connectivity index (χ0v) is 21.0. The highest BCUT2D eigenvalue weighted by atomic mass is 16.5. The molecule has 34 heavy (non-hydrogen) atoms. The predicted molar refractivity (Wildman–Crippen MR) is 139 cm³/mol. The molecule has 0 saturated heterocycles. The fraction of sp³-hybridized carbons (Fsp3) is 0.429. The van der Waals surface area contributed by atoms with Gasteiger partial charge >= 0.3 is 0 Å². The number of hydrogen-bond donors (Lipinski definition) is 2. The van der Waals surface area contributed by atoms with Crippen molar-refractivity contribution in [2.75, 3.05) is 19.5 Å². The van der Waals surface area contributed by atoms with Crippen LogP contribution in [0.3, 0.4) is 0 Å². The number of unbranched alkanes of at least 4 members (excludes halogenated alkanes) is 2. The zero-order chi connectivity index (χ0) is 24.7. The minimum absolute atomic E-state index is 0.143. The Hall–Kier alpha value is -3.28. The topological polar surface area (TPSA) is 86.5 Å². The molecule has 0 radical (unpaired) electrons. The average Bonchev–Trinajstić information content (AvgIpc) is 2.81. The minimum atomic E-state index is -0.183. The monoisotopic (exact) mass is 463 g/mol. The molecule has 0 spiro atoms. The summed E-state index contributed by atoms with van der Waals surface area (Å²) in [7, 11) is 1.65. The van der Waals surface area contributed by atoms with E-state index in [0.29, 0.717) is 23.6 Å². The highest BCUT2D eigenvalue weighted by Gasteiger charge is 2.20. The van der Waals surface area contributed by atoms with E-state index in [1.807, 2.05) is 49.4 Å².